The first-order valence-corrected chi connectivity index (χ1v) is 8.75. The summed E-state index contributed by atoms with van der Waals surface area (Å²) < 4.78 is 33.6. The topological polar surface area (TPSA) is 79.7 Å². The van der Waals surface area contributed by atoms with Crippen molar-refractivity contribution >= 4 is 16.7 Å². The van der Waals surface area contributed by atoms with E-state index in [9.17, 15) is 18.7 Å². The monoisotopic (exact) mass is 387 g/mol. The number of hydrogen-bond donors (Lipinski definition) is 2. The Morgan fingerprint density at radius 1 is 1.14 bits per heavy atom. The molecule has 3 aromatic rings. The molecule has 0 radical (unpaired) electrons. The number of benzene rings is 2. The number of hydrogen-bond acceptors (Lipinski definition) is 4. The minimum atomic E-state index is -1.06. The Bertz CT molecular complexity index is 1030. The van der Waals surface area contributed by atoms with Crippen molar-refractivity contribution < 1.29 is 28.5 Å². The van der Waals surface area contributed by atoms with Crippen LogP contribution in [0.25, 0.3) is 21.9 Å². The molecule has 0 saturated heterocycles. The number of aromatic hydroxyl groups is 1. The molecular formula is C21H19F2NO4. The smallest absolute Gasteiger partial charge is 0.306 e. The van der Waals surface area contributed by atoms with Crippen LogP contribution in [-0.4, -0.2) is 27.8 Å². The van der Waals surface area contributed by atoms with E-state index in [1.165, 1.54) is 18.2 Å². The van der Waals surface area contributed by atoms with E-state index in [1.54, 1.807) is 18.2 Å². The van der Waals surface area contributed by atoms with Gasteiger partial charge in [-0.25, -0.2) is 13.8 Å². The van der Waals surface area contributed by atoms with E-state index in [1.807, 2.05) is 13.8 Å². The molecule has 0 amide bonds. The number of ether oxygens (including phenoxy) is 1. The van der Waals surface area contributed by atoms with E-state index < -0.39 is 23.4 Å². The maximum atomic E-state index is 14.8. The fraction of sp³-hybridized carbons (Fsp3) is 0.238. The van der Waals surface area contributed by atoms with Gasteiger partial charge >= 0.3 is 5.97 Å². The second-order valence-electron chi connectivity index (χ2n) is 6.65. The lowest BCUT2D eigenvalue weighted by molar-refractivity contribution is -0.137. The van der Waals surface area contributed by atoms with Crippen molar-refractivity contribution in [1.82, 2.24) is 4.98 Å². The largest absolute Gasteiger partial charge is 0.505 e. The van der Waals surface area contributed by atoms with E-state index in [0.29, 0.717) is 22.2 Å². The molecule has 1 aromatic heterocycles. The standard InChI is InChI=1S/C21H19F2NO4/c1-11(2)20-17(12-3-5-13(22)6-4-12)14-7-8-15(25)19(23)18(14)21(24-20)28-10-9-16(26)27/h3-8,11,25H,9-10H2,1-2H3,(H,26,27). The van der Waals surface area contributed by atoms with E-state index in [0.717, 1.165) is 0 Å². The predicted molar refractivity (Wildman–Crippen MR) is 101 cm³/mol. The Labute approximate surface area is 160 Å². The highest BCUT2D eigenvalue weighted by molar-refractivity contribution is 6.01. The van der Waals surface area contributed by atoms with Crippen LogP contribution in [0.3, 0.4) is 0 Å². The second kappa shape index (κ2) is 7.80. The number of carboxylic acid groups (broad SMARTS) is 1. The van der Waals surface area contributed by atoms with E-state index >= 15 is 0 Å². The Balaban J connectivity index is 2.30. The molecule has 1 heterocycles. The zero-order chi connectivity index (χ0) is 20.4. The van der Waals surface area contributed by atoms with Crippen LogP contribution < -0.4 is 4.74 Å². The van der Waals surface area contributed by atoms with Gasteiger partial charge in [-0.1, -0.05) is 26.0 Å². The maximum Gasteiger partial charge on any atom is 0.306 e. The summed E-state index contributed by atoms with van der Waals surface area (Å²) in [6, 6.07) is 8.54. The fourth-order valence-electron chi connectivity index (χ4n) is 3.02. The van der Waals surface area contributed by atoms with Gasteiger partial charge in [0, 0.05) is 5.56 Å². The first-order chi connectivity index (χ1) is 13.3. The number of rotatable bonds is 6. The third-order valence-corrected chi connectivity index (χ3v) is 4.32. The number of aliphatic carboxylic acids is 1. The lowest BCUT2D eigenvalue weighted by Crippen LogP contribution is -2.09. The number of fused-ring (bicyclic) bond motifs is 1. The van der Waals surface area contributed by atoms with Crippen LogP contribution in [0.15, 0.2) is 36.4 Å². The van der Waals surface area contributed by atoms with Gasteiger partial charge < -0.3 is 14.9 Å². The molecule has 2 N–H and O–H groups in total. The molecule has 0 saturated carbocycles. The predicted octanol–water partition coefficient (Wildman–Crippen LogP) is 4.86. The fourth-order valence-corrected chi connectivity index (χ4v) is 3.02. The Hall–Kier alpha value is -3.22. The highest BCUT2D eigenvalue weighted by Gasteiger charge is 2.22. The second-order valence-corrected chi connectivity index (χ2v) is 6.65. The molecule has 0 aliphatic carbocycles. The van der Waals surface area contributed by atoms with Gasteiger partial charge in [0.2, 0.25) is 5.88 Å². The summed E-state index contributed by atoms with van der Waals surface area (Å²) in [4.78, 5) is 15.2. The summed E-state index contributed by atoms with van der Waals surface area (Å²) in [5.74, 6) is -3.10. The average molecular weight is 387 g/mol. The Morgan fingerprint density at radius 3 is 2.43 bits per heavy atom. The average Bonchev–Trinajstić information content (AvgIpc) is 2.64. The molecule has 0 aliphatic heterocycles. The number of carboxylic acids is 1. The van der Waals surface area contributed by atoms with E-state index in [2.05, 4.69) is 4.98 Å². The van der Waals surface area contributed by atoms with Crippen LogP contribution >= 0.6 is 0 Å². The molecule has 146 valence electrons. The van der Waals surface area contributed by atoms with Gasteiger partial charge in [0.15, 0.2) is 11.6 Å². The summed E-state index contributed by atoms with van der Waals surface area (Å²) in [5, 5.41) is 19.0. The van der Waals surface area contributed by atoms with Gasteiger partial charge in [0.05, 0.1) is 17.5 Å². The third kappa shape index (κ3) is 3.74. The molecule has 28 heavy (non-hydrogen) atoms. The third-order valence-electron chi connectivity index (χ3n) is 4.32. The molecule has 0 fully saturated rings. The quantitative estimate of drug-likeness (QED) is 0.631. The van der Waals surface area contributed by atoms with Gasteiger partial charge in [0.1, 0.15) is 12.4 Å². The van der Waals surface area contributed by atoms with Crippen LogP contribution in [0.4, 0.5) is 8.78 Å². The molecule has 0 unspecified atom stereocenters. The van der Waals surface area contributed by atoms with Crippen LogP contribution in [0.1, 0.15) is 31.9 Å². The minimum absolute atomic E-state index is 0.0471. The summed E-state index contributed by atoms with van der Waals surface area (Å²) in [6.07, 6.45) is -0.277. The zero-order valence-corrected chi connectivity index (χ0v) is 15.4. The number of nitrogens with zero attached hydrogens (tertiary/aromatic N) is 1. The first-order valence-electron chi connectivity index (χ1n) is 8.75. The van der Waals surface area contributed by atoms with Crippen LogP contribution in [0.2, 0.25) is 0 Å². The molecule has 5 nitrogen and oxygen atoms in total. The van der Waals surface area contributed by atoms with Gasteiger partial charge in [0.25, 0.3) is 0 Å². The van der Waals surface area contributed by atoms with E-state index in [-0.39, 0.29) is 30.2 Å². The SMILES string of the molecule is CC(C)c1nc(OCCC(=O)O)c2c(F)c(O)ccc2c1-c1ccc(F)cc1. The highest BCUT2D eigenvalue weighted by atomic mass is 19.1. The van der Waals surface area contributed by atoms with Crippen LogP contribution in [-0.2, 0) is 4.79 Å². The van der Waals surface area contributed by atoms with Crippen molar-refractivity contribution in [2.45, 2.75) is 26.2 Å². The molecule has 3 rings (SSSR count). The molecule has 2 aromatic carbocycles. The molecule has 0 atom stereocenters. The Morgan fingerprint density at radius 2 is 1.82 bits per heavy atom. The minimum Gasteiger partial charge on any atom is -0.505 e. The van der Waals surface area contributed by atoms with Gasteiger partial charge in [-0.2, -0.15) is 0 Å². The maximum absolute atomic E-state index is 14.8. The van der Waals surface area contributed by atoms with Gasteiger partial charge in [-0.05, 0) is 41.1 Å². The van der Waals surface area contributed by atoms with Crippen LogP contribution in [0, 0.1) is 11.6 Å². The number of phenols is 1. The van der Waals surface area contributed by atoms with Crippen molar-refractivity contribution in [3.63, 3.8) is 0 Å². The highest BCUT2D eigenvalue weighted by Crippen LogP contribution is 2.41. The molecule has 0 bridgehead atoms. The number of pyridine rings is 1. The number of aromatic nitrogens is 1. The number of halogens is 2. The number of phenolic OH excluding ortho intramolecular Hbond substituents is 1. The van der Waals surface area contributed by atoms with Gasteiger partial charge in [-0.3, -0.25) is 4.79 Å². The summed E-state index contributed by atoms with van der Waals surface area (Å²) >= 11 is 0. The van der Waals surface area contributed by atoms with E-state index in [4.69, 9.17) is 9.84 Å². The lowest BCUT2D eigenvalue weighted by atomic mass is 9.92. The first kappa shape index (κ1) is 19.5. The summed E-state index contributed by atoms with van der Waals surface area (Å²) in [7, 11) is 0. The van der Waals surface area contributed by atoms with Crippen molar-refractivity contribution in [3.05, 3.63) is 53.7 Å². The number of carbonyl (C=O) groups is 1. The lowest BCUT2D eigenvalue weighted by Gasteiger charge is -2.19. The molecule has 0 spiro atoms. The summed E-state index contributed by atoms with van der Waals surface area (Å²) in [6.45, 7) is 3.61. The van der Waals surface area contributed by atoms with Crippen molar-refractivity contribution in [3.8, 4) is 22.8 Å². The van der Waals surface area contributed by atoms with Crippen molar-refractivity contribution in [1.29, 1.82) is 0 Å². The molecule has 0 aliphatic rings. The Kier molecular flexibility index (Phi) is 5.44. The summed E-state index contributed by atoms with van der Waals surface area (Å²) in [5.41, 5.74) is 1.84. The van der Waals surface area contributed by atoms with Crippen molar-refractivity contribution in [2.24, 2.45) is 0 Å². The normalized spacial score (nSPS) is 11.2. The zero-order valence-electron chi connectivity index (χ0n) is 15.4. The van der Waals surface area contributed by atoms with Crippen molar-refractivity contribution in [2.75, 3.05) is 6.61 Å². The molecule has 7 heteroatoms. The van der Waals surface area contributed by atoms with Gasteiger partial charge in [-0.15, -0.1) is 0 Å². The molecular weight excluding hydrogens is 368 g/mol. The van der Waals surface area contributed by atoms with Crippen LogP contribution in [0.5, 0.6) is 11.6 Å².